The first-order chi connectivity index (χ1) is 6.25. The Morgan fingerprint density at radius 1 is 1.31 bits per heavy atom. The van der Waals surface area contributed by atoms with Gasteiger partial charge in [-0.1, -0.05) is 15.9 Å². The van der Waals surface area contributed by atoms with Gasteiger partial charge in [0.1, 0.15) is 0 Å². The highest BCUT2D eigenvalue weighted by atomic mass is 79.9. The second-order valence-corrected chi connectivity index (χ2v) is 4.12. The summed E-state index contributed by atoms with van der Waals surface area (Å²) in [4.78, 5) is 11.2. The lowest BCUT2D eigenvalue weighted by Crippen LogP contribution is -2.08. The number of carbonyl (C=O) groups excluding carboxylic acids is 1. The molecule has 0 saturated carbocycles. The summed E-state index contributed by atoms with van der Waals surface area (Å²) < 4.78 is 1.07. The standard InChI is InChI=1S/C10H10BrNO/c11-8-4-5-9-7(6-8)2-1-3-10(13)12-9/h4-6H,1-3H2,(H,12,13). The lowest BCUT2D eigenvalue weighted by Gasteiger charge is -2.05. The molecule has 68 valence electrons. The molecule has 1 N–H and O–H groups in total. The van der Waals surface area contributed by atoms with Crippen molar-refractivity contribution in [3.63, 3.8) is 0 Å². The fourth-order valence-corrected chi connectivity index (χ4v) is 1.95. The minimum Gasteiger partial charge on any atom is -0.326 e. The third-order valence-corrected chi connectivity index (χ3v) is 2.68. The number of hydrogen-bond acceptors (Lipinski definition) is 1. The molecule has 1 amide bonds. The van der Waals surface area contributed by atoms with E-state index < -0.39 is 0 Å². The molecule has 0 spiro atoms. The van der Waals surface area contributed by atoms with E-state index in [-0.39, 0.29) is 5.91 Å². The molecule has 1 aliphatic rings. The molecule has 2 nitrogen and oxygen atoms in total. The molecule has 0 saturated heterocycles. The molecule has 1 heterocycles. The van der Waals surface area contributed by atoms with Crippen molar-refractivity contribution < 1.29 is 4.79 Å². The summed E-state index contributed by atoms with van der Waals surface area (Å²) in [5.74, 6) is 0.126. The summed E-state index contributed by atoms with van der Waals surface area (Å²) in [5, 5.41) is 2.89. The number of benzene rings is 1. The normalized spacial score (nSPS) is 15.9. The monoisotopic (exact) mass is 239 g/mol. The van der Waals surface area contributed by atoms with Gasteiger partial charge in [-0.2, -0.15) is 0 Å². The van der Waals surface area contributed by atoms with Crippen LogP contribution < -0.4 is 5.32 Å². The predicted octanol–water partition coefficient (Wildman–Crippen LogP) is 2.72. The van der Waals surface area contributed by atoms with Crippen LogP contribution in [0.1, 0.15) is 18.4 Å². The van der Waals surface area contributed by atoms with Gasteiger partial charge in [0.15, 0.2) is 0 Å². The number of carbonyl (C=O) groups is 1. The van der Waals surface area contributed by atoms with Crippen molar-refractivity contribution in [3.05, 3.63) is 28.2 Å². The Labute approximate surface area is 85.5 Å². The van der Waals surface area contributed by atoms with Crippen LogP contribution in [0.5, 0.6) is 0 Å². The third-order valence-electron chi connectivity index (χ3n) is 2.19. The van der Waals surface area contributed by atoms with Crippen LogP contribution in [0.25, 0.3) is 0 Å². The van der Waals surface area contributed by atoms with Crippen LogP contribution in [0, 0.1) is 0 Å². The van der Waals surface area contributed by atoms with Crippen molar-refractivity contribution in [2.75, 3.05) is 5.32 Å². The molecule has 1 aromatic rings. The smallest absolute Gasteiger partial charge is 0.224 e. The van der Waals surface area contributed by atoms with E-state index >= 15 is 0 Å². The molecule has 1 aromatic carbocycles. The van der Waals surface area contributed by atoms with Crippen molar-refractivity contribution in [2.24, 2.45) is 0 Å². The van der Waals surface area contributed by atoms with E-state index in [2.05, 4.69) is 27.3 Å². The Kier molecular flexibility index (Phi) is 2.36. The number of amides is 1. The Bertz CT molecular complexity index is 349. The van der Waals surface area contributed by atoms with Crippen LogP contribution >= 0.6 is 15.9 Å². The summed E-state index contributed by atoms with van der Waals surface area (Å²) in [7, 11) is 0. The highest BCUT2D eigenvalue weighted by Gasteiger charge is 2.11. The SMILES string of the molecule is O=C1CCCc2cc(Br)ccc2N1. The van der Waals surface area contributed by atoms with Gasteiger partial charge in [-0.05, 0) is 36.6 Å². The summed E-state index contributed by atoms with van der Waals surface area (Å²) in [6.07, 6.45) is 2.55. The van der Waals surface area contributed by atoms with Crippen molar-refractivity contribution in [2.45, 2.75) is 19.3 Å². The summed E-state index contributed by atoms with van der Waals surface area (Å²) in [6, 6.07) is 5.97. The van der Waals surface area contributed by atoms with Gasteiger partial charge >= 0.3 is 0 Å². The fraction of sp³-hybridized carbons (Fsp3) is 0.300. The Morgan fingerprint density at radius 3 is 3.00 bits per heavy atom. The molecule has 0 fully saturated rings. The quantitative estimate of drug-likeness (QED) is 0.742. The van der Waals surface area contributed by atoms with E-state index in [0.717, 1.165) is 23.0 Å². The highest BCUT2D eigenvalue weighted by molar-refractivity contribution is 9.10. The maximum absolute atomic E-state index is 11.2. The van der Waals surface area contributed by atoms with Crippen molar-refractivity contribution in [1.82, 2.24) is 0 Å². The zero-order valence-corrected chi connectivity index (χ0v) is 8.73. The first kappa shape index (κ1) is 8.75. The van der Waals surface area contributed by atoms with Crippen molar-refractivity contribution in [1.29, 1.82) is 0 Å². The van der Waals surface area contributed by atoms with Crippen LogP contribution in [0.2, 0.25) is 0 Å². The van der Waals surface area contributed by atoms with Gasteiger partial charge in [-0.3, -0.25) is 4.79 Å². The van der Waals surface area contributed by atoms with E-state index in [4.69, 9.17) is 0 Å². The van der Waals surface area contributed by atoms with E-state index in [0.29, 0.717) is 6.42 Å². The topological polar surface area (TPSA) is 29.1 Å². The molecule has 1 aliphatic heterocycles. The maximum atomic E-state index is 11.2. The third kappa shape index (κ3) is 1.91. The first-order valence-corrected chi connectivity index (χ1v) is 5.13. The summed E-state index contributed by atoms with van der Waals surface area (Å²) in [6.45, 7) is 0. The first-order valence-electron chi connectivity index (χ1n) is 4.34. The maximum Gasteiger partial charge on any atom is 0.224 e. The Balaban J connectivity index is 2.40. The number of rotatable bonds is 0. The molecule has 0 atom stereocenters. The van der Waals surface area contributed by atoms with Gasteiger partial charge in [0.05, 0.1) is 0 Å². The highest BCUT2D eigenvalue weighted by Crippen LogP contribution is 2.25. The molecule has 3 heteroatoms. The number of halogens is 1. The number of hydrogen-bond donors (Lipinski definition) is 1. The summed E-state index contributed by atoms with van der Waals surface area (Å²) in [5.41, 5.74) is 2.19. The fourth-order valence-electron chi connectivity index (χ4n) is 1.54. The van der Waals surface area contributed by atoms with E-state index in [1.807, 2.05) is 12.1 Å². The van der Waals surface area contributed by atoms with Crippen LogP contribution in [0.3, 0.4) is 0 Å². The van der Waals surface area contributed by atoms with Gasteiger partial charge in [0.2, 0.25) is 5.91 Å². The minimum absolute atomic E-state index is 0.126. The average molecular weight is 240 g/mol. The van der Waals surface area contributed by atoms with Crippen molar-refractivity contribution >= 4 is 27.5 Å². The van der Waals surface area contributed by atoms with E-state index in [9.17, 15) is 4.79 Å². The van der Waals surface area contributed by atoms with Crippen LogP contribution in [-0.2, 0) is 11.2 Å². The molecular weight excluding hydrogens is 230 g/mol. The number of fused-ring (bicyclic) bond motifs is 1. The Morgan fingerprint density at radius 2 is 2.15 bits per heavy atom. The van der Waals surface area contributed by atoms with Crippen molar-refractivity contribution in [3.8, 4) is 0 Å². The van der Waals surface area contributed by atoms with Gasteiger partial charge in [0.25, 0.3) is 0 Å². The van der Waals surface area contributed by atoms with Gasteiger partial charge in [-0.15, -0.1) is 0 Å². The molecule has 0 bridgehead atoms. The second-order valence-electron chi connectivity index (χ2n) is 3.20. The predicted molar refractivity (Wildman–Crippen MR) is 55.7 cm³/mol. The van der Waals surface area contributed by atoms with Crippen LogP contribution in [0.15, 0.2) is 22.7 Å². The van der Waals surface area contributed by atoms with Gasteiger partial charge in [0, 0.05) is 16.6 Å². The van der Waals surface area contributed by atoms with E-state index in [1.54, 1.807) is 0 Å². The molecule has 13 heavy (non-hydrogen) atoms. The lowest BCUT2D eigenvalue weighted by atomic mass is 10.1. The van der Waals surface area contributed by atoms with Gasteiger partial charge in [-0.25, -0.2) is 0 Å². The molecule has 0 aliphatic carbocycles. The Hall–Kier alpha value is -0.830. The van der Waals surface area contributed by atoms with E-state index in [1.165, 1.54) is 5.56 Å². The zero-order chi connectivity index (χ0) is 9.26. The minimum atomic E-state index is 0.126. The molecule has 0 aromatic heterocycles. The molecule has 2 rings (SSSR count). The van der Waals surface area contributed by atoms with Gasteiger partial charge < -0.3 is 5.32 Å². The number of anilines is 1. The van der Waals surface area contributed by atoms with Crippen LogP contribution in [-0.4, -0.2) is 5.91 Å². The lowest BCUT2D eigenvalue weighted by molar-refractivity contribution is -0.116. The zero-order valence-electron chi connectivity index (χ0n) is 7.14. The second kappa shape index (κ2) is 3.50. The number of nitrogens with one attached hydrogen (secondary N) is 1. The molecule has 0 unspecified atom stereocenters. The average Bonchev–Trinajstić information content (AvgIpc) is 2.25. The molecular formula is C10H10BrNO. The molecule has 0 radical (unpaired) electrons. The summed E-state index contributed by atoms with van der Waals surface area (Å²) >= 11 is 3.42. The number of aryl methyl sites for hydroxylation is 1. The largest absolute Gasteiger partial charge is 0.326 e. The van der Waals surface area contributed by atoms with Crippen LogP contribution in [0.4, 0.5) is 5.69 Å².